The molecule has 0 aliphatic heterocycles. The number of carbonyl (C=O) groups excluding carboxylic acids is 1. The van der Waals surface area contributed by atoms with Crippen molar-refractivity contribution in [1.82, 2.24) is 0 Å². The number of hydrogen-bond acceptors (Lipinski definition) is 2. The highest BCUT2D eigenvalue weighted by Crippen LogP contribution is 2.22. The van der Waals surface area contributed by atoms with Gasteiger partial charge in [0.05, 0.1) is 6.10 Å². The Labute approximate surface area is 61.3 Å². The summed E-state index contributed by atoms with van der Waals surface area (Å²) in [6.45, 7) is -1.25. The summed E-state index contributed by atoms with van der Waals surface area (Å²) in [4.78, 5) is 10.3. The molecular formula is C6H7F3O2. The van der Waals surface area contributed by atoms with Crippen LogP contribution in [-0.4, -0.2) is 24.7 Å². The van der Waals surface area contributed by atoms with Gasteiger partial charge < -0.3 is 4.74 Å². The minimum Gasteiger partial charge on any atom is -0.368 e. The standard InChI is InChI=1S/C6H7F3O2/c7-6(8,9)3-11-5-1-4(10)2-5/h5H,1-3H2. The van der Waals surface area contributed by atoms with Crippen molar-refractivity contribution in [2.75, 3.05) is 6.61 Å². The van der Waals surface area contributed by atoms with Crippen molar-refractivity contribution in [3.63, 3.8) is 0 Å². The van der Waals surface area contributed by atoms with Crippen LogP contribution in [0.15, 0.2) is 0 Å². The molecule has 0 radical (unpaired) electrons. The van der Waals surface area contributed by atoms with Crippen LogP contribution in [0.1, 0.15) is 12.8 Å². The monoisotopic (exact) mass is 168 g/mol. The van der Waals surface area contributed by atoms with Gasteiger partial charge in [0.1, 0.15) is 12.4 Å². The summed E-state index contributed by atoms with van der Waals surface area (Å²) in [5.41, 5.74) is 0. The average molecular weight is 168 g/mol. The zero-order valence-electron chi connectivity index (χ0n) is 5.65. The van der Waals surface area contributed by atoms with Gasteiger partial charge in [-0.25, -0.2) is 0 Å². The second-order valence-corrected chi connectivity index (χ2v) is 2.50. The first-order valence-corrected chi connectivity index (χ1v) is 3.17. The summed E-state index contributed by atoms with van der Waals surface area (Å²) in [5, 5.41) is 0. The quantitative estimate of drug-likeness (QED) is 0.621. The molecule has 0 spiro atoms. The first kappa shape index (κ1) is 8.52. The van der Waals surface area contributed by atoms with E-state index in [4.69, 9.17) is 0 Å². The largest absolute Gasteiger partial charge is 0.411 e. The fourth-order valence-corrected chi connectivity index (χ4v) is 0.778. The first-order chi connectivity index (χ1) is 4.97. The lowest BCUT2D eigenvalue weighted by Gasteiger charge is -2.24. The Balaban J connectivity index is 2.10. The number of hydrogen-bond donors (Lipinski definition) is 0. The van der Waals surface area contributed by atoms with E-state index in [1.54, 1.807) is 0 Å². The van der Waals surface area contributed by atoms with Crippen molar-refractivity contribution in [3.05, 3.63) is 0 Å². The molecule has 1 saturated carbocycles. The fourth-order valence-electron chi connectivity index (χ4n) is 0.778. The third-order valence-electron chi connectivity index (χ3n) is 1.39. The number of ether oxygens (including phenoxy) is 1. The molecule has 0 amide bonds. The van der Waals surface area contributed by atoms with Crippen LogP contribution in [0.2, 0.25) is 0 Å². The maximum atomic E-state index is 11.5. The molecule has 0 saturated heterocycles. The Hall–Kier alpha value is -0.580. The van der Waals surface area contributed by atoms with E-state index in [-0.39, 0.29) is 18.6 Å². The molecule has 0 aromatic rings. The van der Waals surface area contributed by atoms with Crippen molar-refractivity contribution >= 4 is 5.78 Å². The third-order valence-corrected chi connectivity index (χ3v) is 1.39. The number of Topliss-reactive ketones (excluding diaryl/α,β-unsaturated/α-hetero) is 1. The topological polar surface area (TPSA) is 26.3 Å². The number of carbonyl (C=O) groups is 1. The van der Waals surface area contributed by atoms with Gasteiger partial charge in [0, 0.05) is 12.8 Å². The molecular weight excluding hydrogens is 161 g/mol. The van der Waals surface area contributed by atoms with E-state index in [9.17, 15) is 18.0 Å². The fraction of sp³-hybridized carbons (Fsp3) is 0.833. The lowest BCUT2D eigenvalue weighted by molar-refractivity contribution is -0.193. The van der Waals surface area contributed by atoms with Crippen LogP contribution in [-0.2, 0) is 9.53 Å². The van der Waals surface area contributed by atoms with E-state index in [1.807, 2.05) is 0 Å². The number of rotatable bonds is 2. The minimum absolute atomic E-state index is 0.0304. The van der Waals surface area contributed by atoms with E-state index < -0.39 is 18.9 Å². The third kappa shape index (κ3) is 2.88. The number of alkyl halides is 3. The zero-order chi connectivity index (χ0) is 8.48. The molecule has 0 heterocycles. The Morgan fingerprint density at radius 2 is 2.00 bits per heavy atom. The van der Waals surface area contributed by atoms with Gasteiger partial charge in [0.25, 0.3) is 0 Å². The van der Waals surface area contributed by atoms with Crippen LogP contribution >= 0.6 is 0 Å². The van der Waals surface area contributed by atoms with Gasteiger partial charge in [0.15, 0.2) is 0 Å². The molecule has 2 nitrogen and oxygen atoms in total. The zero-order valence-corrected chi connectivity index (χ0v) is 5.65. The summed E-state index contributed by atoms with van der Waals surface area (Å²) >= 11 is 0. The molecule has 0 aromatic heterocycles. The van der Waals surface area contributed by atoms with Crippen molar-refractivity contribution < 1.29 is 22.7 Å². The summed E-state index contributed by atoms with van der Waals surface area (Å²) in [5.74, 6) is -0.0304. The second kappa shape index (κ2) is 2.81. The van der Waals surface area contributed by atoms with Crippen molar-refractivity contribution in [2.45, 2.75) is 25.1 Å². The van der Waals surface area contributed by atoms with Gasteiger partial charge in [0.2, 0.25) is 0 Å². The molecule has 1 fully saturated rings. The predicted molar refractivity (Wildman–Crippen MR) is 30.0 cm³/mol. The molecule has 1 aliphatic rings. The highest BCUT2D eigenvalue weighted by Gasteiger charge is 2.33. The van der Waals surface area contributed by atoms with Gasteiger partial charge in [-0.3, -0.25) is 4.79 Å². The summed E-state index contributed by atoms with van der Waals surface area (Å²) < 4.78 is 38.8. The van der Waals surface area contributed by atoms with Gasteiger partial charge in [-0.05, 0) is 0 Å². The van der Waals surface area contributed by atoms with E-state index >= 15 is 0 Å². The first-order valence-electron chi connectivity index (χ1n) is 3.17. The highest BCUT2D eigenvalue weighted by molar-refractivity contribution is 5.85. The van der Waals surface area contributed by atoms with Crippen LogP contribution in [0.3, 0.4) is 0 Å². The minimum atomic E-state index is -4.28. The van der Waals surface area contributed by atoms with E-state index in [2.05, 4.69) is 4.74 Å². The smallest absolute Gasteiger partial charge is 0.368 e. The molecule has 5 heteroatoms. The normalized spacial score (nSPS) is 20.1. The highest BCUT2D eigenvalue weighted by atomic mass is 19.4. The average Bonchev–Trinajstić information content (AvgIpc) is 1.75. The molecule has 0 aromatic carbocycles. The van der Waals surface area contributed by atoms with Crippen LogP contribution in [0.25, 0.3) is 0 Å². The molecule has 0 unspecified atom stereocenters. The van der Waals surface area contributed by atoms with Gasteiger partial charge >= 0.3 is 6.18 Å². The lowest BCUT2D eigenvalue weighted by Crippen LogP contribution is -2.34. The number of halogens is 3. The molecule has 0 bridgehead atoms. The van der Waals surface area contributed by atoms with E-state index in [0.717, 1.165) is 0 Å². The maximum Gasteiger partial charge on any atom is 0.411 e. The van der Waals surface area contributed by atoms with Gasteiger partial charge in [-0.15, -0.1) is 0 Å². The molecule has 1 rings (SSSR count). The Morgan fingerprint density at radius 3 is 2.36 bits per heavy atom. The van der Waals surface area contributed by atoms with Crippen molar-refractivity contribution in [1.29, 1.82) is 0 Å². The van der Waals surface area contributed by atoms with Crippen LogP contribution in [0, 0.1) is 0 Å². The van der Waals surface area contributed by atoms with Gasteiger partial charge in [-0.1, -0.05) is 0 Å². The van der Waals surface area contributed by atoms with E-state index in [0.29, 0.717) is 0 Å². The molecule has 0 N–H and O–H groups in total. The summed E-state index contributed by atoms with van der Waals surface area (Å²) in [6, 6.07) is 0. The second-order valence-electron chi connectivity index (χ2n) is 2.50. The van der Waals surface area contributed by atoms with Crippen LogP contribution in [0.4, 0.5) is 13.2 Å². The van der Waals surface area contributed by atoms with Crippen molar-refractivity contribution in [3.8, 4) is 0 Å². The molecule has 11 heavy (non-hydrogen) atoms. The van der Waals surface area contributed by atoms with Crippen LogP contribution < -0.4 is 0 Å². The summed E-state index contributed by atoms with van der Waals surface area (Å²) in [7, 11) is 0. The van der Waals surface area contributed by atoms with Crippen molar-refractivity contribution in [2.24, 2.45) is 0 Å². The van der Waals surface area contributed by atoms with Gasteiger partial charge in [-0.2, -0.15) is 13.2 Å². The Bertz CT molecular complexity index is 156. The maximum absolute atomic E-state index is 11.5. The van der Waals surface area contributed by atoms with Crippen LogP contribution in [0.5, 0.6) is 0 Å². The van der Waals surface area contributed by atoms with E-state index in [1.165, 1.54) is 0 Å². The summed E-state index contributed by atoms with van der Waals surface area (Å²) in [6.07, 6.45) is -4.51. The molecule has 64 valence electrons. The Kier molecular flexibility index (Phi) is 2.17. The molecule has 1 aliphatic carbocycles. The number of ketones is 1. The lowest BCUT2D eigenvalue weighted by atomic mass is 9.94. The SMILES string of the molecule is O=C1CC(OCC(F)(F)F)C1. The predicted octanol–water partition coefficient (Wildman–Crippen LogP) is 1.30. The Morgan fingerprint density at radius 1 is 1.45 bits per heavy atom. The molecule has 0 atom stereocenters.